The van der Waals surface area contributed by atoms with E-state index in [1.54, 1.807) is 0 Å². The Morgan fingerprint density at radius 3 is 1.57 bits per heavy atom. The molecule has 2 heterocycles. The van der Waals surface area contributed by atoms with E-state index in [1.807, 2.05) is 0 Å². The normalized spacial score (nSPS) is 18.6. The van der Waals surface area contributed by atoms with Gasteiger partial charge in [0.15, 0.2) is 23.2 Å². The number of Topliss-reactive ketones (excluding diaryl/α,β-unsaturated/α-hetero) is 2. The number of hydrogen-bond donors (Lipinski definition) is 2. The van der Waals surface area contributed by atoms with Gasteiger partial charge in [0, 0.05) is 13.8 Å². The summed E-state index contributed by atoms with van der Waals surface area (Å²) in [5, 5.41) is 0. The quantitative estimate of drug-likeness (QED) is 0.492. The van der Waals surface area contributed by atoms with Crippen LogP contribution < -0.4 is 0 Å². The van der Waals surface area contributed by atoms with Crippen LogP contribution in [0.1, 0.15) is 72.2 Å². The van der Waals surface area contributed by atoms with Crippen LogP contribution in [0.2, 0.25) is 0 Å². The number of carbonyl (C=O) groups excluding carboxylic acids is 4. The number of aromatic amines is 2. The maximum absolute atomic E-state index is 12.6. The predicted molar refractivity (Wildman–Crippen MR) is 102 cm³/mol. The molecule has 2 aromatic rings. The molecule has 1 saturated carbocycles. The zero-order valence-electron chi connectivity index (χ0n) is 16.9. The van der Waals surface area contributed by atoms with E-state index in [0.717, 1.165) is 12.8 Å². The fourth-order valence-corrected chi connectivity index (χ4v) is 3.43. The van der Waals surface area contributed by atoms with Crippen molar-refractivity contribution in [2.75, 3.05) is 0 Å². The predicted octanol–water partition coefficient (Wildman–Crippen LogP) is 2.13. The smallest absolute Gasteiger partial charge is 0.310 e. The third kappa shape index (κ3) is 5.19. The van der Waals surface area contributed by atoms with E-state index in [4.69, 9.17) is 9.47 Å². The number of rotatable bonds is 8. The van der Waals surface area contributed by atoms with E-state index >= 15 is 0 Å². The minimum absolute atomic E-state index is 0.0562. The molecule has 0 saturated heterocycles. The largest absolute Gasteiger partial charge is 0.459 e. The summed E-state index contributed by atoms with van der Waals surface area (Å²) in [6.45, 7) is 2.66. The van der Waals surface area contributed by atoms with Crippen LogP contribution in [0, 0.1) is 11.8 Å². The van der Waals surface area contributed by atoms with Crippen molar-refractivity contribution in [3.63, 3.8) is 0 Å². The van der Waals surface area contributed by atoms with E-state index in [2.05, 4.69) is 19.9 Å². The zero-order valence-corrected chi connectivity index (χ0v) is 16.9. The lowest BCUT2D eigenvalue weighted by molar-refractivity contribution is -0.164. The summed E-state index contributed by atoms with van der Waals surface area (Å²) < 4.78 is 10.7. The van der Waals surface area contributed by atoms with Crippen LogP contribution in [0.15, 0.2) is 12.4 Å². The lowest BCUT2D eigenvalue weighted by Gasteiger charge is -2.28. The van der Waals surface area contributed by atoms with Crippen LogP contribution >= 0.6 is 0 Å². The Hall–Kier alpha value is -3.30. The van der Waals surface area contributed by atoms with Gasteiger partial charge < -0.3 is 19.4 Å². The number of nitrogens with zero attached hydrogens (tertiary/aromatic N) is 2. The summed E-state index contributed by atoms with van der Waals surface area (Å²) in [6.07, 6.45) is 5.61. The number of carbonyl (C=O) groups is 4. The molecule has 0 aliphatic heterocycles. The average molecular weight is 416 g/mol. The third-order valence-electron chi connectivity index (χ3n) is 5.04. The molecule has 1 fully saturated rings. The van der Waals surface area contributed by atoms with Crippen LogP contribution in [0.25, 0.3) is 0 Å². The summed E-state index contributed by atoms with van der Waals surface area (Å²) in [7, 11) is 0. The van der Waals surface area contributed by atoms with E-state index in [1.165, 1.54) is 26.2 Å². The summed E-state index contributed by atoms with van der Waals surface area (Å²) in [5.74, 6) is -2.15. The molecule has 0 radical (unpaired) electrons. The molecule has 30 heavy (non-hydrogen) atoms. The van der Waals surface area contributed by atoms with Crippen molar-refractivity contribution in [2.24, 2.45) is 11.8 Å². The Morgan fingerprint density at radius 1 is 0.833 bits per heavy atom. The molecule has 1 aliphatic rings. The van der Waals surface area contributed by atoms with Gasteiger partial charge in [0.2, 0.25) is 0 Å². The van der Waals surface area contributed by atoms with Crippen molar-refractivity contribution in [3.05, 3.63) is 35.4 Å². The first-order chi connectivity index (χ1) is 14.3. The minimum atomic E-state index is -0.587. The number of aromatic nitrogens is 4. The molecule has 1 unspecified atom stereocenters. The molecule has 10 heteroatoms. The molecule has 160 valence electrons. The van der Waals surface area contributed by atoms with Gasteiger partial charge in [-0.05, 0) is 12.8 Å². The van der Waals surface area contributed by atoms with Gasteiger partial charge >= 0.3 is 11.9 Å². The highest BCUT2D eigenvalue weighted by atomic mass is 16.5. The van der Waals surface area contributed by atoms with Gasteiger partial charge in [0.1, 0.15) is 13.2 Å². The van der Waals surface area contributed by atoms with E-state index in [9.17, 15) is 19.2 Å². The highest BCUT2D eigenvalue weighted by Gasteiger charge is 2.38. The Morgan fingerprint density at radius 2 is 1.23 bits per heavy atom. The molecule has 2 N–H and O–H groups in total. The number of ether oxygens (including phenoxy) is 2. The van der Waals surface area contributed by atoms with Crippen molar-refractivity contribution < 1.29 is 28.7 Å². The fourth-order valence-electron chi connectivity index (χ4n) is 3.43. The fraction of sp³-hybridized carbons (Fsp3) is 0.500. The van der Waals surface area contributed by atoms with Gasteiger partial charge in [0.05, 0.1) is 35.6 Å². The maximum atomic E-state index is 12.6. The van der Waals surface area contributed by atoms with Crippen molar-refractivity contribution in [2.45, 2.75) is 52.7 Å². The number of imidazole rings is 2. The number of H-pyrrole nitrogens is 2. The first kappa shape index (κ1) is 21.4. The molecule has 10 nitrogen and oxygen atoms in total. The summed E-state index contributed by atoms with van der Waals surface area (Å²) >= 11 is 0. The number of ketones is 2. The molecule has 0 bridgehead atoms. The second-order valence-electron chi connectivity index (χ2n) is 7.34. The molecule has 2 aromatic heterocycles. The highest BCUT2D eigenvalue weighted by molar-refractivity contribution is 5.90. The SMILES string of the molecule is CC(=O)c1ncc(COC(=O)C2CCCC[C@@H]2C(=O)OCc2cnc(C(C)=O)[nH]2)[nH]1. The Kier molecular flexibility index (Phi) is 6.76. The lowest BCUT2D eigenvalue weighted by Crippen LogP contribution is -2.35. The van der Waals surface area contributed by atoms with Crippen molar-refractivity contribution >= 4 is 23.5 Å². The molecule has 3 rings (SSSR count). The topological polar surface area (TPSA) is 144 Å². The molecule has 0 amide bonds. The first-order valence-electron chi connectivity index (χ1n) is 9.78. The Bertz CT molecular complexity index is 871. The summed E-state index contributed by atoms with van der Waals surface area (Å²) in [5.41, 5.74) is 1.01. The van der Waals surface area contributed by atoms with Crippen LogP contribution in [-0.4, -0.2) is 43.4 Å². The van der Waals surface area contributed by atoms with E-state index in [-0.39, 0.29) is 36.4 Å². The van der Waals surface area contributed by atoms with Gasteiger partial charge in [0.25, 0.3) is 0 Å². The van der Waals surface area contributed by atoms with E-state index < -0.39 is 23.8 Å². The average Bonchev–Trinajstić information content (AvgIpc) is 3.40. The first-order valence-corrected chi connectivity index (χ1v) is 9.78. The second kappa shape index (κ2) is 9.47. The van der Waals surface area contributed by atoms with Crippen LogP contribution in [0.5, 0.6) is 0 Å². The number of nitrogens with one attached hydrogen (secondary N) is 2. The Balaban J connectivity index is 1.55. The number of esters is 2. The Labute approximate surface area is 172 Å². The minimum Gasteiger partial charge on any atom is -0.459 e. The van der Waals surface area contributed by atoms with Gasteiger partial charge in [-0.1, -0.05) is 12.8 Å². The summed E-state index contributed by atoms with van der Waals surface area (Å²) in [4.78, 5) is 61.2. The molecule has 1 aliphatic carbocycles. The van der Waals surface area contributed by atoms with Gasteiger partial charge in [-0.2, -0.15) is 0 Å². The highest BCUT2D eigenvalue weighted by Crippen LogP contribution is 2.32. The van der Waals surface area contributed by atoms with Crippen LogP contribution in [0.4, 0.5) is 0 Å². The van der Waals surface area contributed by atoms with Crippen LogP contribution in [0.3, 0.4) is 0 Å². The van der Waals surface area contributed by atoms with Crippen molar-refractivity contribution in [3.8, 4) is 0 Å². The molecular formula is C20H24N4O6. The van der Waals surface area contributed by atoms with E-state index in [0.29, 0.717) is 24.2 Å². The monoisotopic (exact) mass is 416 g/mol. The molecular weight excluding hydrogens is 392 g/mol. The van der Waals surface area contributed by atoms with Crippen molar-refractivity contribution in [1.82, 2.24) is 19.9 Å². The molecule has 2 atom stereocenters. The van der Waals surface area contributed by atoms with Crippen LogP contribution in [-0.2, 0) is 32.3 Å². The second-order valence-corrected chi connectivity index (χ2v) is 7.34. The maximum Gasteiger partial charge on any atom is 0.310 e. The summed E-state index contributed by atoms with van der Waals surface area (Å²) in [6, 6.07) is 0. The molecule has 0 spiro atoms. The standard InChI is InChI=1S/C20H24N4O6/c1-11(25)17-21-7-13(23-17)9-29-19(27)15-5-3-4-6-16(15)20(28)30-10-14-8-22-18(24-14)12(2)26/h7-8,15-16H,3-6,9-10H2,1-2H3,(H,21,23)(H,22,24)/t15-,16?/m0/s1. The zero-order chi connectivity index (χ0) is 21.7. The van der Waals surface area contributed by atoms with Gasteiger partial charge in [-0.25, -0.2) is 9.97 Å². The van der Waals surface area contributed by atoms with Crippen molar-refractivity contribution in [1.29, 1.82) is 0 Å². The van der Waals surface area contributed by atoms with Gasteiger partial charge in [-0.15, -0.1) is 0 Å². The number of hydrogen-bond acceptors (Lipinski definition) is 8. The lowest BCUT2D eigenvalue weighted by atomic mass is 9.79. The van der Waals surface area contributed by atoms with Gasteiger partial charge in [-0.3, -0.25) is 19.2 Å². The molecule has 0 aromatic carbocycles. The third-order valence-corrected chi connectivity index (χ3v) is 5.04.